The van der Waals surface area contributed by atoms with Crippen molar-refractivity contribution in [3.63, 3.8) is 0 Å². The summed E-state index contributed by atoms with van der Waals surface area (Å²) in [6.07, 6.45) is 3.05. The van der Waals surface area contributed by atoms with E-state index in [0.717, 1.165) is 5.69 Å². The zero-order valence-corrected chi connectivity index (χ0v) is 16.9. The van der Waals surface area contributed by atoms with Gasteiger partial charge in [-0.25, -0.2) is 0 Å². The molecule has 1 atom stereocenters. The monoisotopic (exact) mass is 415 g/mol. The highest BCUT2D eigenvalue weighted by atomic mass is 35.5. The number of hydrogen-bond donors (Lipinski definition) is 1. The van der Waals surface area contributed by atoms with E-state index in [1.54, 1.807) is 42.1 Å². The van der Waals surface area contributed by atoms with Crippen LogP contribution in [0, 0.1) is 18.3 Å². The van der Waals surface area contributed by atoms with E-state index in [2.05, 4.69) is 10.4 Å². The fraction of sp³-hybridized carbons (Fsp3) is 0.263. The highest BCUT2D eigenvalue weighted by Crippen LogP contribution is 2.24. The molecular weight excluding hydrogens is 398 g/mol. The van der Waals surface area contributed by atoms with Gasteiger partial charge < -0.3 is 10.2 Å². The van der Waals surface area contributed by atoms with Gasteiger partial charge in [-0.15, -0.1) is 11.8 Å². The maximum atomic E-state index is 12.6. The third-order valence-corrected chi connectivity index (χ3v) is 5.80. The summed E-state index contributed by atoms with van der Waals surface area (Å²) in [4.78, 5) is 26.8. The molecule has 1 fully saturated rings. The molecule has 2 amide bonds. The van der Waals surface area contributed by atoms with Crippen LogP contribution in [0.2, 0.25) is 5.15 Å². The average molecular weight is 416 g/mol. The van der Waals surface area contributed by atoms with Gasteiger partial charge in [0.05, 0.1) is 23.2 Å². The van der Waals surface area contributed by atoms with Crippen molar-refractivity contribution < 1.29 is 9.59 Å². The second-order valence-corrected chi connectivity index (χ2v) is 7.61. The number of aromatic nitrogens is 2. The average Bonchev–Trinajstić information content (AvgIpc) is 3.26. The van der Waals surface area contributed by atoms with E-state index < -0.39 is 6.04 Å². The molecule has 2 aromatic rings. The van der Waals surface area contributed by atoms with Gasteiger partial charge in [-0.2, -0.15) is 10.4 Å². The number of rotatable bonds is 4. The molecule has 1 saturated heterocycles. The van der Waals surface area contributed by atoms with Gasteiger partial charge in [0.1, 0.15) is 11.2 Å². The van der Waals surface area contributed by atoms with Crippen molar-refractivity contribution in [2.45, 2.75) is 13.0 Å². The van der Waals surface area contributed by atoms with Crippen LogP contribution in [-0.4, -0.2) is 44.2 Å². The fourth-order valence-corrected chi connectivity index (χ4v) is 4.22. The van der Waals surface area contributed by atoms with Crippen molar-refractivity contribution in [1.82, 2.24) is 14.7 Å². The highest BCUT2D eigenvalue weighted by molar-refractivity contribution is 7.99. The Hall–Kier alpha value is -2.76. The Morgan fingerprint density at radius 3 is 2.71 bits per heavy atom. The molecule has 1 aliphatic rings. The molecule has 1 aromatic heterocycles. The Morgan fingerprint density at radius 1 is 1.39 bits per heavy atom. The molecule has 1 aromatic carbocycles. The molecule has 0 bridgehead atoms. The lowest BCUT2D eigenvalue weighted by molar-refractivity contribution is -0.132. The smallest absolute Gasteiger partial charge is 0.248 e. The summed E-state index contributed by atoms with van der Waals surface area (Å²) < 4.78 is 1.54. The number of amides is 2. The van der Waals surface area contributed by atoms with Gasteiger partial charge in [-0.05, 0) is 37.3 Å². The Morgan fingerprint density at radius 2 is 2.11 bits per heavy atom. The summed E-state index contributed by atoms with van der Waals surface area (Å²) in [5.74, 6) is 0.444. The molecule has 3 rings (SSSR count). The number of hydrogen-bond acceptors (Lipinski definition) is 5. The molecule has 0 aliphatic carbocycles. The first-order chi connectivity index (χ1) is 13.4. The minimum atomic E-state index is -0.566. The summed E-state index contributed by atoms with van der Waals surface area (Å²) in [5.41, 5.74) is 2.51. The number of carbonyl (C=O) groups is 2. The molecule has 0 radical (unpaired) electrons. The Kier molecular flexibility index (Phi) is 6.07. The molecule has 1 unspecified atom stereocenters. The molecule has 144 valence electrons. The maximum absolute atomic E-state index is 12.6. The third kappa shape index (κ3) is 4.21. The quantitative estimate of drug-likeness (QED) is 0.775. The van der Waals surface area contributed by atoms with E-state index in [1.165, 1.54) is 22.7 Å². The van der Waals surface area contributed by atoms with E-state index in [0.29, 0.717) is 33.6 Å². The number of benzene rings is 1. The Balaban J connectivity index is 1.69. The van der Waals surface area contributed by atoms with Crippen LogP contribution in [0.15, 0.2) is 30.3 Å². The molecule has 9 heteroatoms. The van der Waals surface area contributed by atoms with Crippen molar-refractivity contribution in [1.29, 1.82) is 5.26 Å². The second kappa shape index (κ2) is 8.50. The lowest BCUT2D eigenvalue weighted by Crippen LogP contribution is -2.43. The van der Waals surface area contributed by atoms with Crippen LogP contribution >= 0.6 is 23.4 Å². The van der Waals surface area contributed by atoms with Gasteiger partial charge in [0.25, 0.3) is 0 Å². The predicted octanol–water partition coefficient (Wildman–Crippen LogP) is 2.81. The first-order valence-corrected chi connectivity index (χ1v) is 10.0. The fourth-order valence-electron chi connectivity index (χ4n) is 2.82. The summed E-state index contributed by atoms with van der Waals surface area (Å²) in [6, 6.07) is 8.05. The topological polar surface area (TPSA) is 91.0 Å². The SMILES string of the molecule is Cc1nn(C)c(Cl)c1/C=C/C(=O)N1CSCC1C(=O)Nc1ccc(C#N)cc1. The van der Waals surface area contributed by atoms with Gasteiger partial charge in [0.15, 0.2) is 0 Å². The van der Waals surface area contributed by atoms with Crippen molar-refractivity contribution >= 4 is 46.9 Å². The van der Waals surface area contributed by atoms with Crippen molar-refractivity contribution in [2.24, 2.45) is 7.05 Å². The van der Waals surface area contributed by atoms with Crippen LogP contribution in [0.1, 0.15) is 16.8 Å². The van der Waals surface area contributed by atoms with E-state index in [-0.39, 0.29) is 11.8 Å². The first kappa shape index (κ1) is 20.0. The molecule has 2 heterocycles. The Bertz CT molecular complexity index is 977. The van der Waals surface area contributed by atoms with Gasteiger partial charge in [0, 0.05) is 30.1 Å². The van der Waals surface area contributed by atoms with Crippen LogP contribution in [0.25, 0.3) is 6.08 Å². The predicted molar refractivity (Wildman–Crippen MR) is 110 cm³/mol. The lowest BCUT2D eigenvalue weighted by atomic mass is 10.2. The zero-order valence-electron chi connectivity index (χ0n) is 15.3. The van der Waals surface area contributed by atoms with Crippen molar-refractivity contribution in [2.75, 3.05) is 16.9 Å². The minimum Gasteiger partial charge on any atom is -0.324 e. The molecule has 1 N–H and O–H groups in total. The Labute approximate surface area is 172 Å². The third-order valence-electron chi connectivity index (χ3n) is 4.34. The second-order valence-electron chi connectivity index (χ2n) is 6.25. The molecule has 28 heavy (non-hydrogen) atoms. The number of thioether (sulfide) groups is 1. The molecular formula is C19H18ClN5O2S. The van der Waals surface area contributed by atoms with Crippen LogP contribution in [0.4, 0.5) is 5.69 Å². The lowest BCUT2D eigenvalue weighted by Gasteiger charge is -2.21. The number of carbonyl (C=O) groups excluding carboxylic acids is 2. The van der Waals surface area contributed by atoms with Gasteiger partial charge in [0.2, 0.25) is 11.8 Å². The van der Waals surface area contributed by atoms with E-state index in [9.17, 15) is 9.59 Å². The molecule has 0 spiro atoms. The van der Waals surface area contributed by atoms with Gasteiger partial charge in [-0.3, -0.25) is 14.3 Å². The van der Waals surface area contributed by atoms with Crippen LogP contribution in [0.3, 0.4) is 0 Å². The molecule has 7 nitrogen and oxygen atoms in total. The van der Waals surface area contributed by atoms with E-state index >= 15 is 0 Å². The summed E-state index contributed by atoms with van der Waals surface area (Å²) in [5, 5.41) is 16.3. The number of aryl methyl sites for hydroxylation is 2. The van der Waals surface area contributed by atoms with Gasteiger partial charge >= 0.3 is 0 Å². The van der Waals surface area contributed by atoms with Crippen molar-refractivity contribution in [3.05, 3.63) is 52.3 Å². The van der Waals surface area contributed by atoms with E-state index in [4.69, 9.17) is 16.9 Å². The van der Waals surface area contributed by atoms with Gasteiger partial charge in [-0.1, -0.05) is 11.6 Å². The van der Waals surface area contributed by atoms with Crippen LogP contribution in [0.5, 0.6) is 0 Å². The number of nitrogens with one attached hydrogen (secondary N) is 1. The molecule has 1 aliphatic heterocycles. The minimum absolute atomic E-state index is 0.257. The maximum Gasteiger partial charge on any atom is 0.248 e. The summed E-state index contributed by atoms with van der Waals surface area (Å²) in [6.45, 7) is 1.82. The number of nitrogens with zero attached hydrogens (tertiary/aromatic N) is 4. The number of halogens is 1. The summed E-state index contributed by atoms with van der Waals surface area (Å²) in [7, 11) is 1.73. The van der Waals surface area contributed by atoms with E-state index in [1.807, 2.05) is 13.0 Å². The highest BCUT2D eigenvalue weighted by Gasteiger charge is 2.33. The number of anilines is 1. The largest absolute Gasteiger partial charge is 0.324 e. The normalized spacial score (nSPS) is 16.4. The first-order valence-electron chi connectivity index (χ1n) is 8.47. The number of nitriles is 1. The standard InChI is InChI=1S/C19H18ClN5O2S/c1-12-15(18(20)24(2)23-12)7-8-17(26)25-11-28-10-16(25)19(27)22-14-5-3-13(9-21)4-6-14/h3-8,16H,10-11H2,1-2H3,(H,22,27)/b8-7+. The summed E-state index contributed by atoms with van der Waals surface area (Å²) >= 11 is 7.70. The molecule has 0 saturated carbocycles. The van der Waals surface area contributed by atoms with Crippen molar-refractivity contribution in [3.8, 4) is 6.07 Å². The zero-order chi connectivity index (χ0) is 20.3. The van der Waals surface area contributed by atoms with Crippen LogP contribution < -0.4 is 5.32 Å². The van der Waals surface area contributed by atoms with Crippen LogP contribution in [-0.2, 0) is 16.6 Å².